The second kappa shape index (κ2) is 4.28. The molecular formula is C13H18N2O2. The van der Waals surface area contributed by atoms with E-state index in [0.29, 0.717) is 23.9 Å². The lowest BCUT2D eigenvalue weighted by Crippen LogP contribution is -2.46. The number of rotatable bonds is 2. The molecule has 0 saturated carbocycles. The highest BCUT2D eigenvalue weighted by atomic mass is 16.5. The summed E-state index contributed by atoms with van der Waals surface area (Å²) in [6.45, 7) is 6.64. The maximum Gasteiger partial charge on any atom is 0.267 e. The number of benzene rings is 1. The second-order valence-corrected chi connectivity index (χ2v) is 4.83. The van der Waals surface area contributed by atoms with Crippen LogP contribution in [0.3, 0.4) is 0 Å². The lowest BCUT2D eigenvalue weighted by molar-refractivity contribution is -0.125. The molecule has 0 aliphatic carbocycles. The van der Waals surface area contributed by atoms with Crippen molar-refractivity contribution in [2.45, 2.75) is 26.9 Å². The number of fused-ring (bicyclic) bond motifs is 1. The van der Waals surface area contributed by atoms with E-state index in [1.807, 2.05) is 6.07 Å². The van der Waals surface area contributed by atoms with Gasteiger partial charge in [0, 0.05) is 18.3 Å². The molecule has 17 heavy (non-hydrogen) atoms. The quantitative estimate of drug-likeness (QED) is 0.797. The van der Waals surface area contributed by atoms with Crippen LogP contribution < -0.4 is 15.4 Å². The second-order valence-electron chi connectivity index (χ2n) is 4.83. The van der Waals surface area contributed by atoms with Crippen molar-refractivity contribution in [3.05, 3.63) is 18.2 Å². The molecule has 1 aliphatic heterocycles. The van der Waals surface area contributed by atoms with Crippen LogP contribution in [0.1, 0.15) is 20.8 Å². The lowest BCUT2D eigenvalue weighted by atomic mass is 10.1. The van der Waals surface area contributed by atoms with Crippen molar-refractivity contribution in [1.82, 2.24) is 0 Å². The predicted octanol–water partition coefficient (Wildman–Crippen LogP) is 2.04. The Morgan fingerprint density at radius 1 is 1.47 bits per heavy atom. The number of ether oxygens (including phenoxy) is 1. The van der Waals surface area contributed by atoms with Gasteiger partial charge in [-0.05, 0) is 25.0 Å². The number of nitrogen functional groups attached to an aromatic ring is 1. The first-order chi connectivity index (χ1) is 7.99. The number of anilines is 2. The third kappa shape index (κ3) is 2.20. The molecule has 1 aliphatic rings. The van der Waals surface area contributed by atoms with E-state index in [2.05, 4.69) is 13.8 Å². The topological polar surface area (TPSA) is 55.6 Å². The maximum atomic E-state index is 12.1. The van der Waals surface area contributed by atoms with E-state index in [4.69, 9.17) is 10.5 Å². The fourth-order valence-electron chi connectivity index (χ4n) is 1.98. The first kappa shape index (κ1) is 11.8. The highest BCUT2D eigenvalue weighted by Crippen LogP contribution is 2.35. The highest BCUT2D eigenvalue weighted by Gasteiger charge is 2.31. The molecule has 1 aromatic rings. The lowest BCUT2D eigenvalue weighted by Gasteiger charge is -2.34. The first-order valence-electron chi connectivity index (χ1n) is 5.86. The van der Waals surface area contributed by atoms with Crippen LogP contribution in [0.5, 0.6) is 5.75 Å². The molecule has 0 fully saturated rings. The zero-order chi connectivity index (χ0) is 12.6. The first-order valence-corrected chi connectivity index (χ1v) is 5.86. The Labute approximate surface area is 101 Å². The van der Waals surface area contributed by atoms with Gasteiger partial charge in [-0.15, -0.1) is 0 Å². The molecule has 92 valence electrons. The van der Waals surface area contributed by atoms with Gasteiger partial charge in [0.05, 0.1) is 5.69 Å². The Hall–Kier alpha value is -1.71. The van der Waals surface area contributed by atoms with E-state index < -0.39 is 6.10 Å². The average molecular weight is 234 g/mol. The van der Waals surface area contributed by atoms with Gasteiger partial charge in [0.1, 0.15) is 5.75 Å². The summed E-state index contributed by atoms with van der Waals surface area (Å²) in [6, 6.07) is 5.40. The molecule has 1 unspecified atom stereocenters. The standard InChI is InChI=1S/C13H18N2O2/c1-8(2)7-15-11-5-4-10(14)6-12(11)17-9(3)13(15)16/h4-6,8-9H,7,14H2,1-3H3. The van der Waals surface area contributed by atoms with Crippen LogP contribution >= 0.6 is 0 Å². The SMILES string of the molecule is CC(C)CN1C(=O)C(C)Oc2cc(N)ccc21. The summed E-state index contributed by atoms with van der Waals surface area (Å²) >= 11 is 0. The number of nitrogens with two attached hydrogens (primary N) is 1. The summed E-state index contributed by atoms with van der Waals surface area (Å²) in [5.74, 6) is 1.11. The largest absolute Gasteiger partial charge is 0.479 e. The summed E-state index contributed by atoms with van der Waals surface area (Å²) in [7, 11) is 0. The third-order valence-corrected chi connectivity index (χ3v) is 2.74. The van der Waals surface area contributed by atoms with Crippen molar-refractivity contribution in [2.24, 2.45) is 5.92 Å². The van der Waals surface area contributed by atoms with Crippen LogP contribution in [-0.2, 0) is 4.79 Å². The van der Waals surface area contributed by atoms with E-state index in [1.165, 1.54) is 0 Å². The van der Waals surface area contributed by atoms with Crippen LogP contribution in [0.15, 0.2) is 18.2 Å². The molecular weight excluding hydrogens is 216 g/mol. The van der Waals surface area contributed by atoms with Gasteiger partial charge in [-0.2, -0.15) is 0 Å². The van der Waals surface area contributed by atoms with Crippen molar-refractivity contribution >= 4 is 17.3 Å². The molecule has 0 saturated heterocycles. The Morgan fingerprint density at radius 3 is 2.82 bits per heavy atom. The van der Waals surface area contributed by atoms with E-state index in [9.17, 15) is 4.79 Å². The van der Waals surface area contributed by atoms with Crippen LogP contribution in [0, 0.1) is 5.92 Å². The number of hydrogen-bond donors (Lipinski definition) is 1. The third-order valence-electron chi connectivity index (χ3n) is 2.74. The maximum absolute atomic E-state index is 12.1. The van der Waals surface area contributed by atoms with Gasteiger partial charge < -0.3 is 15.4 Å². The number of amides is 1. The fraction of sp³-hybridized carbons (Fsp3) is 0.462. The highest BCUT2D eigenvalue weighted by molar-refractivity contribution is 6.00. The minimum absolute atomic E-state index is 0.0102. The molecule has 1 heterocycles. The van der Waals surface area contributed by atoms with Crippen LogP contribution in [-0.4, -0.2) is 18.6 Å². The van der Waals surface area contributed by atoms with Gasteiger partial charge in [0.15, 0.2) is 6.10 Å². The molecule has 0 bridgehead atoms. The van der Waals surface area contributed by atoms with Crippen molar-refractivity contribution in [3.8, 4) is 5.75 Å². The summed E-state index contributed by atoms with van der Waals surface area (Å²) < 4.78 is 5.57. The zero-order valence-corrected chi connectivity index (χ0v) is 10.4. The smallest absolute Gasteiger partial charge is 0.267 e. The minimum atomic E-state index is -0.442. The van der Waals surface area contributed by atoms with Crippen molar-refractivity contribution < 1.29 is 9.53 Å². The Bertz CT molecular complexity index is 443. The Morgan fingerprint density at radius 2 is 2.18 bits per heavy atom. The molecule has 0 radical (unpaired) electrons. The Balaban J connectivity index is 2.41. The average Bonchev–Trinajstić information content (AvgIpc) is 2.24. The fourth-order valence-corrected chi connectivity index (χ4v) is 1.98. The Kier molecular flexibility index (Phi) is 2.96. The number of hydrogen-bond acceptors (Lipinski definition) is 3. The summed E-state index contributed by atoms with van der Waals surface area (Å²) in [6.07, 6.45) is -0.442. The molecule has 1 aromatic carbocycles. The van der Waals surface area contributed by atoms with Gasteiger partial charge in [-0.3, -0.25) is 4.79 Å². The molecule has 0 aromatic heterocycles. The molecule has 4 heteroatoms. The summed E-state index contributed by atoms with van der Waals surface area (Å²) in [4.78, 5) is 13.9. The predicted molar refractivity (Wildman–Crippen MR) is 68.1 cm³/mol. The van der Waals surface area contributed by atoms with Crippen LogP contribution in [0.25, 0.3) is 0 Å². The minimum Gasteiger partial charge on any atom is -0.479 e. The van der Waals surface area contributed by atoms with Gasteiger partial charge >= 0.3 is 0 Å². The molecule has 0 spiro atoms. The van der Waals surface area contributed by atoms with E-state index >= 15 is 0 Å². The summed E-state index contributed by atoms with van der Waals surface area (Å²) in [5.41, 5.74) is 7.19. The van der Waals surface area contributed by atoms with Crippen LogP contribution in [0.2, 0.25) is 0 Å². The van der Waals surface area contributed by atoms with Gasteiger partial charge in [0.25, 0.3) is 5.91 Å². The number of carbonyl (C=O) groups excluding carboxylic acids is 1. The number of nitrogens with zero attached hydrogens (tertiary/aromatic N) is 1. The van der Waals surface area contributed by atoms with Gasteiger partial charge in [0.2, 0.25) is 0 Å². The molecule has 1 atom stereocenters. The van der Waals surface area contributed by atoms with Crippen molar-refractivity contribution in [2.75, 3.05) is 17.2 Å². The molecule has 1 amide bonds. The van der Waals surface area contributed by atoms with Crippen molar-refractivity contribution in [1.29, 1.82) is 0 Å². The van der Waals surface area contributed by atoms with Crippen molar-refractivity contribution in [3.63, 3.8) is 0 Å². The molecule has 2 N–H and O–H groups in total. The van der Waals surface area contributed by atoms with Gasteiger partial charge in [-0.1, -0.05) is 13.8 Å². The normalized spacial score (nSPS) is 19.2. The van der Waals surface area contributed by atoms with E-state index in [0.717, 1.165) is 5.69 Å². The van der Waals surface area contributed by atoms with Crippen LogP contribution in [0.4, 0.5) is 11.4 Å². The van der Waals surface area contributed by atoms with E-state index in [1.54, 1.807) is 24.0 Å². The summed E-state index contributed by atoms with van der Waals surface area (Å²) in [5, 5.41) is 0. The monoisotopic (exact) mass is 234 g/mol. The van der Waals surface area contributed by atoms with Gasteiger partial charge in [-0.25, -0.2) is 0 Å². The number of carbonyl (C=O) groups is 1. The van der Waals surface area contributed by atoms with E-state index in [-0.39, 0.29) is 5.91 Å². The molecule has 4 nitrogen and oxygen atoms in total. The molecule has 2 rings (SSSR count). The zero-order valence-electron chi connectivity index (χ0n) is 10.4.